The van der Waals surface area contributed by atoms with Gasteiger partial charge in [-0.15, -0.1) is 0 Å². The van der Waals surface area contributed by atoms with Gasteiger partial charge in [-0.3, -0.25) is 0 Å². The van der Waals surface area contributed by atoms with E-state index in [0.717, 1.165) is 16.5 Å². The van der Waals surface area contributed by atoms with Crippen LogP contribution in [0.1, 0.15) is 60.7 Å². The van der Waals surface area contributed by atoms with Crippen LogP contribution in [0.4, 0.5) is 0 Å². The van der Waals surface area contributed by atoms with Crippen molar-refractivity contribution in [1.82, 2.24) is 0 Å². The summed E-state index contributed by atoms with van der Waals surface area (Å²) in [5.41, 5.74) is 3.14. The maximum absolute atomic E-state index is 12.6. The molecule has 0 spiro atoms. The molecule has 0 aliphatic heterocycles. The molecule has 1 heterocycles. The van der Waals surface area contributed by atoms with Crippen molar-refractivity contribution in [2.24, 2.45) is 0 Å². The fraction of sp³-hybridized carbons (Fsp3) is 0.360. The summed E-state index contributed by atoms with van der Waals surface area (Å²) in [5.74, 6) is 0.793. The molecule has 0 N–H and O–H groups in total. The van der Waals surface area contributed by atoms with Gasteiger partial charge in [-0.05, 0) is 68.1 Å². The molecule has 0 unspecified atom stereocenters. The monoisotopic (exact) mass is 424 g/mol. The lowest BCUT2D eigenvalue weighted by atomic mass is 9.95. The summed E-state index contributed by atoms with van der Waals surface area (Å²) in [6.45, 7) is 9.97. The molecule has 0 aliphatic carbocycles. The molecule has 0 aliphatic rings. The van der Waals surface area contributed by atoms with Crippen LogP contribution in [0.3, 0.4) is 0 Å². The van der Waals surface area contributed by atoms with Gasteiger partial charge in [-0.25, -0.2) is 9.59 Å². The summed E-state index contributed by atoms with van der Waals surface area (Å²) < 4.78 is 21.9. The van der Waals surface area contributed by atoms with Crippen molar-refractivity contribution in [1.29, 1.82) is 0 Å². The third kappa shape index (κ3) is 5.08. The van der Waals surface area contributed by atoms with Crippen LogP contribution in [0.25, 0.3) is 11.0 Å². The fourth-order valence-corrected chi connectivity index (χ4v) is 3.51. The van der Waals surface area contributed by atoms with Crippen molar-refractivity contribution >= 4 is 16.9 Å². The standard InChI is InChI=1S/C25H28O6/c1-14(2)19-12-20-18(11-24(26)31-22(20)9-16(19)5)13-29-25(27)17-7-8-21(30-15(3)4)23(10-17)28-6/h7-12,14-15H,13H2,1-6H3. The SMILES string of the molecule is COc1cc(C(=O)OCc2cc(=O)oc3cc(C)c(C(C)C)cc23)ccc1OC(C)C. The van der Waals surface area contributed by atoms with Crippen LogP contribution >= 0.6 is 0 Å². The molecule has 0 radical (unpaired) electrons. The largest absolute Gasteiger partial charge is 0.493 e. The number of esters is 1. The molecule has 0 saturated heterocycles. The van der Waals surface area contributed by atoms with Crippen LogP contribution in [0.15, 0.2) is 45.6 Å². The maximum atomic E-state index is 12.6. The predicted molar refractivity (Wildman–Crippen MR) is 119 cm³/mol. The second kappa shape index (κ2) is 9.25. The van der Waals surface area contributed by atoms with Crippen molar-refractivity contribution < 1.29 is 23.4 Å². The number of hydrogen-bond donors (Lipinski definition) is 0. The van der Waals surface area contributed by atoms with E-state index in [1.54, 1.807) is 18.2 Å². The van der Waals surface area contributed by atoms with E-state index in [9.17, 15) is 9.59 Å². The summed E-state index contributed by atoms with van der Waals surface area (Å²) in [7, 11) is 1.52. The molecular formula is C25H28O6. The Morgan fingerprint density at radius 2 is 1.77 bits per heavy atom. The van der Waals surface area contributed by atoms with Gasteiger partial charge >= 0.3 is 11.6 Å². The van der Waals surface area contributed by atoms with Crippen LogP contribution in [-0.4, -0.2) is 19.2 Å². The molecule has 1 aromatic heterocycles. The molecule has 2 aromatic carbocycles. The number of benzene rings is 2. The molecular weight excluding hydrogens is 396 g/mol. The first-order valence-corrected chi connectivity index (χ1v) is 10.3. The van der Waals surface area contributed by atoms with Crippen LogP contribution < -0.4 is 15.1 Å². The highest BCUT2D eigenvalue weighted by Gasteiger charge is 2.16. The van der Waals surface area contributed by atoms with Gasteiger partial charge in [0, 0.05) is 17.0 Å². The Labute approximate surface area is 181 Å². The number of rotatable bonds is 7. The zero-order chi connectivity index (χ0) is 22.7. The molecule has 0 atom stereocenters. The summed E-state index contributed by atoms with van der Waals surface area (Å²) in [4.78, 5) is 24.7. The number of ether oxygens (including phenoxy) is 3. The lowest BCUT2D eigenvalue weighted by Crippen LogP contribution is -2.10. The normalized spacial score (nSPS) is 11.2. The van der Waals surface area contributed by atoms with E-state index >= 15 is 0 Å². The van der Waals surface area contributed by atoms with Gasteiger partial charge in [-0.2, -0.15) is 0 Å². The van der Waals surface area contributed by atoms with Gasteiger partial charge in [0.05, 0.1) is 18.8 Å². The fourth-order valence-electron chi connectivity index (χ4n) is 3.51. The average Bonchev–Trinajstić information content (AvgIpc) is 2.70. The molecule has 164 valence electrons. The van der Waals surface area contributed by atoms with Crippen LogP contribution in [0.5, 0.6) is 11.5 Å². The van der Waals surface area contributed by atoms with Crippen molar-refractivity contribution in [3.8, 4) is 11.5 Å². The van der Waals surface area contributed by atoms with E-state index < -0.39 is 11.6 Å². The topological polar surface area (TPSA) is 75.0 Å². The molecule has 0 saturated carbocycles. The van der Waals surface area contributed by atoms with Crippen molar-refractivity contribution in [3.05, 3.63) is 69.1 Å². The predicted octanol–water partition coefficient (Wildman–Crippen LogP) is 5.38. The summed E-state index contributed by atoms with van der Waals surface area (Å²) in [6, 6.07) is 10.1. The molecule has 0 bridgehead atoms. The highest BCUT2D eigenvalue weighted by atomic mass is 16.5. The van der Waals surface area contributed by atoms with E-state index in [0.29, 0.717) is 34.1 Å². The number of carbonyl (C=O) groups is 1. The number of carbonyl (C=O) groups excluding carboxylic acids is 1. The summed E-state index contributed by atoms with van der Waals surface area (Å²) in [5, 5.41) is 0.764. The number of hydrogen-bond acceptors (Lipinski definition) is 6. The maximum Gasteiger partial charge on any atom is 0.338 e. The molecule has 31 heavy (non-hydrogen) atoms. The van der Waals surface area contributed by atoms with E-state index in [1.165, 1.54) is 13.2 Å². The van der Waals surface area contributed by atoms with Crippen molar-refractivity contribution in [3.63, 3.8) is 0 Å². The van der Waals surface area contributed by atoms with Gasteiger partial charge in [0.15, 0.2) is 11.5 Å². The first kappa shape index (κ1) is 22.4. The first-order chi connectivity index (χ1) is 14.7. The van der Waals surface area contributed by atoms with Gasteiger partial charge in [0.1, 0.15) is 12.2 Å². The molecule has 6 heteroatoms. The number of fused-ring (bicyclic) bond motifs is 1. The van der Waals surface area contributed by atoms with Crippen LogP contribution in [0.2, 0.25) is 0 Å². The lowest BCUT2D eigenvalue weighted by Gasteiger charge is -2.15. The molecule has 6 nitrogen and oxygen atoms in total. The molecule has 0 fully saturated rings. The van der Waals surface area contributed by atoms with Crippen molar-refractivity contribution in [2.75, 3.05) is 7.11 Å². The van der Waals surface area contributed by atoms with Gasteiger partial charge < -0.3 is 18.6 Å². The first-order valence-electron chi connectivity index (χ1n) is 10.3. The Kier molecular flexibility index (Phi) is 6.68. The Bertz CT molecular complexity index is 1160. The highest BCUT2D eigenvalue weighted by Crippen LogP contribution is 2.30. The minimum absolute atomic E-state index is 0.0240. The van der Waals surface area contributed by atoms with Crippen molar-refractivity contribution in [2.45, 2.75) is 53.2 Å². The zero-order valence-electron chi connectivity index (χ0n) is 18.8. The van der Waals surface area contributed by atoms with Gasteiger partial charge in [0.2, 0.25) is 0 Å². The van der Waals surface area contributed by atoms with Gasteiger partial charge in [-0.1, -0.05) is 13.8 Å². The average molecular weight is 424 g/mol. The second-order valence-electron chi connectivity index (χ2n) is 8.06. The zero-order valence-corrected chi connectivity index (χ0v) is 18.8. The smallest absolute Gasteiger partial charge is 0.338 e. The minimum atomic E-state index is -0.521. The van der Waals surface area contributed by atoms with Gasteiger partial charge in [0.25, 0.3) is 0 Å². The van der Waals surface area contributed by atoms with Crippen LogP contribution in [0, 0.1) is 6.92 Å². The third-order valence-corrected chi connectivity index (χ3v) is 4.96. The molecule has 3 aromatic rings. The number of aryl methyl sites for hydroxylation is 1. The van der Waals surface area contributed by atoms with E-state index in [4.69, 9.17) is 18.6 Å². The Morgan fingerprint density at radius 1 is 1.03 bits per heavy atom. The Morgan fingerprint density at radius 3 is 2.42 bits per heavy atom. The third-order valence-electron chi connectivity index (χ3n) is 4.96. The molecule has 0 amide bonds. The minimum Gasteiger partial charge on any atom is -0.493 e. The quantitative estimate of drug-likeness (QED) is 0.375. The van der Waals surface area contributed by atoms with E-state index in [2.05, 4.69) is 13.8 Å². The lowest BCUT2D eigenvalue weighted by molar-refractivity contribution is 0.0473. The van der Waals surface area contributed by atoms with Crippen LogP contribution in [-0.2, 0) is 11.3 Å². The summed E-state index contributed by atoms with van der Waals surface area (Å²) in [6.07, 6.45) is -0.0240. The Hall–Kier alpha value is -3.28. The molecule has 3 rings (SSSR count). The number of methoxy groups -OCH3 is 1. The van der Waals surface area contributed by atoms with E-state index in [-0.39, 0.29) is 12.7 Å². The Balaban J connectivity index is 1.87. The summed E-state index contributed by atoms with van der Waals surface area (Å²) >= 11 is 0. The highest BCUT2D eigenvalue weighted by molar-refractivity contribution is 5.90. The van der Waals surface area contributed by atoms with E-state index in [1.807, 2.05) is 32.9 Å². The second-order valence-corrected chi connectivity index (χ2v) is 8.06.